The third kappa shape index (κ3) is 1.61. The first kappa shape index (κ1) is 9.15. The fourth-order valence-corrected chi connectivity index (χ4v) is 1.22. The molecule has 2 rings (SSSR count). The smallest absolute Gasteiger partial charge is 0.313 e. The molecule has 3 nitrogen and oxygen atoms in total. The zero-order valence-electron chi connectivity index (χ0n) is 7.29. The van der Waals surface area contributed by atoms with E-state index in [4.69, 9.17) is 16.0 Å². The van der Waals surface area contributed by atoms with Crippen molar-refractivity contribution in [2.45, 2.75) is 6.92 Å². The normalized spacial score (nSPS) is 10.5. The fourth-order valence-electron chi connectivity index (χ4n) is 1.11. The third-order valence-electron chi connectivity index (χ3n) is 1.76. The molecule has 72 valence electrons. The van der Waals surface area contributed by atoms with Gasteiger partial charge in [0.2, 0.25) is 0 Å². The Bertz CT molecular complexity index is 470. The van der Waals surface area contributed by atoms with Crippen LogP contribution in [0.5, 0.6) is 0 Å². The maximum absolute atomic E-state index is 13.4. The predicted octanol–water partition coefficient (Wildman–Crippen LogP) is 2.84. The van der Waals surface area contributed by atoms with Gasteiger partial charge in [0, 0.05) is 0 Å². The van der Waals surface area contributed by atoms with Gasteiger partial charge in [-0.3, -0.25) is 0 Å². The summed E-state index contributed by atoms with van der Waals surface area (Å²) in [6.45, 7) is 1.80. The number of rotatable bonds is 1. The van der Waals surface area contributed by atoms with Crippen LogP contribution < -0.4 is 0 Å². The second-order valence-electron chi connectivity index (χ2n) is 2.84. The van der Waals surface area contributed by atoms with Crippen molar-refractivity contribution < 1.29 is 8.81 Å². The minimum Gasteiger partial charge on any atom is -0.407 e. The van der Waals surface area contributed by atoms with Gasteiger partial charge in [0.15, 0.2) is 0 Å². The molecule has 0 radical (unpaired) electrons. The van der Waals surface area contributed by atoms with Gasteiger partial charge in [-0.25, -0.2) is 4.39 Å². The largest absolute Gasteiger partial charge is 0.407 e. The van der Waals surface area contributed by atoms with Crippen LogP contribution in [0, 0.1) is 12.7 Å². The third-order valence-corrected chi connectivity index (χ3v) is 1.91. The maximum Gasteiger partial charge on any atom is 0.313 e. The molecule has 5 heteroatoms. The molecule has 0 N–H and O–H groups in total. The minimum absolute atomic E-state index is 0.0903. The van der Waals surface area contributed by atoms with Gasteiger partial charge in [-0.05, 0) is 36.2 Å². The Labute approximate surface area is 84.5 Å². The first-order valence-electron chi connectivity index (χ1n) is 3.92. The molecular weight excluding hydrogens is 207 g/mol. The van der Waals surface area contributed by atoms with Crippen LogP contribution in [0.1, 0.15) is 5.56 Å². The number of aromatic nitrogens is 2. The highest BCUT2D eigenvalue weighted by molar-refractivity contribution is 6.27. The summed E-state index contributed by atoms with van der Waals surface area (Å²) in [5.41, 5.74) is 1.09. The van der Waals surface area contributed by atoms with Crippen LogP contribution in [-0.2, 0) is 0 Å². The SMILES string of the molecule is Cc1ccc(-c2nnc(Cl)o2)c(F)c1. The van der Waals surface area contributed by atoms with E-state index in [1.165, 1.54) is 6.07 Å². The molecule has 1 heterocycles. The Hall–Kier alpha value is -1.42. The fraction of sp³-hybridized carbons (Fsp3) is 0.111. The van der Waals surface area contributed by atoms with Gasteiger partial charge >= 0.3 is 5.35 Å². The lowest BCUT2D eigenvalue weighted by molar-refractivity contribution is 0.559. The molecule has 0 aliphatic carbocycles. The zero-order chi connectivity index (χ0) is 10.1. The molecule has 0 saturated heterocycles. The molecule has 0 fully saturated rings. The Kier molecular flexibility index (Phi) is 2.21. The van der Waals surface area contributed by atoms with Crippen LogP contribution >= 0.6 is 11.6 Å². The van der Waals surface area contributed by atoms with Crippen LogP contribution in [0.2, 0.25) is 5.35 Å². The lowest BCUT2D eigenvalue weighted by Gasteiger charge is -1.97. The van der Waals surface area contributed by atoms with Gasteiger partial charge in [0.1, 0.15) is 5.82 Å². The highest BCUT2D eigenvalue weighted by Crippen LogP contribution is 2.23. The highest BCUT2D eigenvalue weighted by Gasteiger charge is 2.11. The first-order valence-corrected chi connectivity index (χ1v) is 4.30. The van der Waals surface area contributed by atoms with E-state index >= 15 is 0 Å². The van der Waals surface area contributed by atoms with Crippen molar-refractivity contribution in [3.63, 3.8) is 0 Å². The van der Waals surface area contributed by atoms with Gasteiger partial charge in [0.25, 0.3) is 5.89 Å². The van der Waals surface area contributed by atoms with Crippen LogP contribution in [0.4, 0.5) is 4.39 Å². The van der Waals surface area contributed by atoms with E-state index in [1.54, 1.807) is 19.1 Å². The summed E-state index contributed by atoms with van der Waals surface area (Å²) < 4.78 is 18.3. The second kappa shape index (κ2) is 3.38. The molecule has 14 heavy (non-hydrogen) atoms. The van der Waals surface area contributed by atoms with Crippen LogP contribution in [0.3, 0.4) is 0 Å². The summed E-state index contributed by atoms with van der Waals surface area (Å²) >= 11 is 5.43. The Morgan fingerprint density at radius 2 is 2.14 bits per heavy atom. The van der Waals surface area contributed by atoms with Gasteiger partial charge in [-0.15, -0.1) is 5.10 Å². The van der Waals surface area contributed by atoms with E-state index in [-0.39, 0.29) is 16.8 Å². The van der Waals surface area contributed by atoms with Gasteiger partial charge in [-0.2, -0.15) is 0 Å². The second-order valence-corrected chi connectivity index (χ2v) is 3.17. The molecule has 1 aromatic heterocycles. The van der Waals surface area contributed by atoms with E-state index in [0.717, 1.165) is 5.56 Å². The van der Waals surface area contributed by atoms with Crippen LogP contribution in [-0.4, -0.2) is 10.2 Å². The summed E-state index contributed by atoms with van der Waals surface area (Å²) in [4.78, 5) is 0. The molecule has 0 saturated carbocycles. The summed E-state index contributed by atoms with van der Waals surface area (Å²) in [6, 6.07) is 4.73. The van der Waals surface area contributed by atoms with Crippen molar-refractivity contribution in [2.75, 3.05) is 0 Å². The van der Waals surface area contributed by atoms with Crippen molar-refractivity contribution in [1.29, 1.82) is 0 Å². The van der Waals surface area contributed by atoms with Crippen molar-refractivity contribution in [1.82, 2.24) is 10.2 Å². The van der Waals surface area contributed by atoms with Crippen LogP contribution in [0.15, 0.2) is 22.6 Å². The average Bonchev–Trinajstić information content (AvgIpc) is 2.51. The summed E-state index contributed by atoms with van der Waals surface area (Å²) in [5.74, 6) is -0.308. The minimum atomic E-state index is -0.398. The standard InChI is InChI=1S/C9H6ClFN2O/c1-5-2-3-6(7(11)4-5)8-12-13-9(10)14-8/h2-4H,1H3. The Morgan fingerprint density at radius 3 is 2.71 bits per heavy atom. The molecular formula is C9H6ClFN2O. The molecule has 2 aromatic rings. The molecule has 0 unspecified atom stereocenters. The van der Waals surface area contributed by atoms with E-state index in [1.807, 2.05) is 0 Å². The topological polar surface area (TPSA) is 38.9 Å². The average molecular weight is 213 g/mol. The van der Waals surface area contributed by atoms with Gasteiger partial charge < -0.3 is 4.42 Å². The first-order chi connectivity index (χ1) is 6.66. The molecule has 0 atom stereocenters. The number of halogens is 2. The predicted molar refractivity (Wildman–Crippen MR) is 49.4 cm³/mol. The highest BCUT2D eigenvalue weighted by atomic mass is 35.5. The molecule has 0 aliphatic rings. The Morgan fingerprint density at radius 1 is 1.36 bits per heavy atom. The maximum atomic E-state index is 13.4. The molecule has 0 amide bonds. The van der Waals surface area contributed by atoms with E-state index in [9.17, 15) is 4.39 Å². The Balaban J connectivity index is 2.52. The molecule has 1 aromatic carbocycles. The van der Waals surface area contributed by atoms with Crippen molar-refractivity contribution >= 4 is 11.6 Å². The van der Waals surface area contributed by atoms with E-state index < -0.39 is 5.82 Å². The molecule has 0 aliphatic heterocycles. The summed E-state index contributed by atoms with van der Waals surface area (Å²) in [7, 11) is 0. The van der Waals surface area contributed by atoms with E-state index in [0.29, 0.717) is 0 Å². The number of hydrogen-bond acceptors (Lipinski definition) is 3. The lowest BCUT2D eigenvalue weighted by atomic mass is 10.1. The summed E-state index contributed by atoms with van der Waals surface area (Å²) in [5, 5.41) is 6.93. The number of hydrogen-bond donors (Lipinski definition) is 0. The quantitative estimate of drug-likeness (QED) is 0.730. The van der Waals surface area contributed by atoms with Gasteiger partial charge in [0.05, 0.1) is 5.56 Å². The van der Waals surface area contributed by atoms with Crippen molar-refractivity contribution in [3.8, 4) is 11.5 Å². The lowest BCUT2D eigenvalue weighted by Crippen LogP contribution is -1.85. The molecule has 0 bridgehead atoms. The van der Waals surface area contributed by atoms with E-state index in [2.05, 4.69) is 10.2 Å². The number of benzene rings is 1. The molecule has 0 spiro atoms. The van der Waals surface area contributed by atoms with Gasteiger partial charge in [-0.1, -0.05) is 11.2 Å². The number of aryl methyl sites for hydroxylation is 1. The van der Waals surface area contributed by atoms with Crippen molar-refractivity contribution in [2.24, 2.45) is 0 Å². The number of nitrogens with zero attached hydrogens (tertiary/aromatic N) is 2. The monoisotopic (exact) mass is 212 g/mol. The zero-order valence-corrected chi connectivity index (χ0v) is 8.05. The summed E-state index contributed by atoms with van der Waals surface area (Å²) in [6.07, 6.45) is 0. The van der Waals surface area contributed by atoms with Crippen molar-refractivity contribution in [3.05, 3.63) is 34.9 Å². The van der Waals surface area contributed by atoms with Crippen LogP contribution in [0.25, 0.3) is 11.5 Å².